The van der Waals surface area contributed by atoms with Gasteiger partial charge in [0.25, 0.3) is 0 Å². The van der Waals surface area contributed by atoms with E-state index in [9.17, 15) is 8.42 Å². The number of fused-ring (bicyclic) bond motifs is 1. The molecular formula is C14H21N3O2S. The van der Waals surface area contributed by atoms with Crippen molar-refractivity contribution >= 4 is 20.9 Å². The molecule has 0 saturated carbocycles. The van der Waals surface area contributed by atoms with Crippen molar-refractivity contribution < 1.29 is 26.2 Å². The van der Waals surface area contributed by atoms with Crippen LogP contribution in [0.2, 0.25) is 0 Å². The van der Waals surface area contributed by atoms with Crippen LogP contribution in [0, 0.1) is 0 Å². The molecule has 0 unspecified atom stereocenters. The summed E-state index contributed by atoms with van der Waals surface area (Å²) < 4.78 is 124. The Balaban J connectivity index is 2.58. The molecule has 0 amide bonds. The highest BCUT2D eigenvalue weighted by Crippen LogP contribution is 2.21. The van der Waals surface area contributed by atoms with Gasteiger partial charge in [-0.15, -0.1) is 0 Å². The third kappa shape index (κ3) is 3.59. The quantitative estimate of drug-likeness (QED) is 0.846. The molecule has 0 atom stereocenters. The van der Waals surface area contributed by atoms with E-state index in [1.165, 1.54) is 10.8 Å². The average Bonchev–Trinajstić information content (AvgIpc) is 2.99. The van der Waals surface area contributed by atoms with Gasteiger partial charge in [-0.05, 0) is 50.6 Å². The number of sulfonamides is 1. The molecule has 2 rings (SSSR count). The van der Waals surface area contributed by atoms with E-state index in [1.54, 1.807) is 0 Å². The van der Waals surface area contributed by atoms with Crippen LogP contribution < -0.4 is 4.72 Å². The molecule has 0 saturated heterocycles. The molecule has 0 radical (unpaired) electrons. The Bertz CT molecular complexity index is 1100. The van der Waals surface area contributed by atoms with Gasteiger partial charge in [-0.1, -0.05) is 6.07 Å². The van der Waals surface area contributed by atoms with E-state index in [2.05, 4.69) is 4.98 Å². The zero-order valence-electron chi connectivity index (χ0n) is 23.2. The maximum absolute atomic E-state index is 12.3. The fourth-order valence-electron chi connectivity index (χ4n) is 1.68. The van der Waals surface area contributed by atoms with Crippen LogP contribution in [0.25, 0.3) is 10.9 Å². The Morgan fingerprint density at radius 2 is 2.30 bits per heavy atom. The highest BCUT2D eigenvalue weighted by molar-refractivity contribution is 7.88. The summed E-state index contributed by atoms with van der Waals surface area (Å²) in [4.78, 5) is 2.72. The topological polar surface area (TPSA) is 65.2 Å². The van der Waals surface area contributed by atoms with E-state index in [0.717, 1.165) is 18.3 Å². The third-order valence-electron chi connectivity index (χ3n) is 2.50. The van der Waals surface area contributed by atoms with Crippen molar-refractivity contribution in [2.45, 2.75) is 12.1 Å². The SMILES string of the molecule is [2H]C([2H])([2H])NS(=O)(=O)C([2H])([2H])c1ccc2[nH]cc(C([2H])([2H])CN(C([2H])([2H])[2H])C([2H])([2H])[2H])c2c1. The van der Waals surface area contributed by atoms with E-state index < -0.39 is 55.1 Å². The van der Waals surface area contributed by atoms with Gasteiger partial charge in [-0.2, -0.15) is 0 Å². The molecule has 1 aromatic carbocycles. The molecule has 0 bridgehead atoms. The molecule has 0 aliphatic rings. The minimum Gasteiger partial charge on any atom is -0.361 e. The number of H-pyrrole nitrogens is 1. The first-order valence-corrected chi connectivity index (χ1v) is 6.91. The van der Waals surface area contributed by atoms with Gasteiger partial charge in [-0.3, -0.25) is 0 Å². The maximum Gasteiger partial charge on any atom is 0.215 e. The number of rotatable bonds is 6. The van der Waals surface area contributed by atoms with E-state index in [4.69, 9.17) is 17.8 Å². The summed E-state index contributed by atoms with van der Waals surface area (Å²) in [5.74, 6) is 0. The summed E-state index contributed by atoms with van der Waals surface area (Å²) in [5, 5.41) is -0.0403. The lowest BCUT2D eigenvalue weighted by Crippen LogP contribution is -2.20. The Kier molecular flexibility index (Phi) is 1.62. The summed E-state index contributed by atoms with van der Waals surface area (Å²) in [6.45, 7) is -10.6. The molecule has 1 aromatic heterocycles. The first kappa shape index (κ1) is 5.44. The second kappa shape index (κ2) is 5.95. The van der Waals surface area contributed by atoms with Crippen LogP contribution in [-0.2, 0) is 22.1 Å². The number of nitrogens with zero attached hydrogens (tertiary/aromatic N) is 1. The van der Waals surface area contributed by atoms with Gasteiger partial charge >= 0.3 is 0 Å². The summed E-state index contributed by atoms with van der Waals surface area (Å²) in [6.07, 6.45) is -1.45. The molecule has 2 aromatic rings. The predicted octanol–water partition coefficient (Wildman–Crippen LogP) is 1.32. The second-order valence-electron chi connectivity index (χ2n) is 3.93. The third-order valence-corrected chi connectivity index (χ3v) is 3.27. The van der Waals surface area contributed by atoms with Crippen LogP contribution in [0.15, 0.2) is 24.4 Å². The van der Waals surface area contributed by atoms with Crippen molar-refractivity contribution in [2.75, 3.05) is 27.5 Å². The first-order chi connectivity index (χ1) is 14.5. The summed E-state index contributed by atoms with van der Waals surface area (Å²) >= 11 is 0. The number of benzene rings is 1. The predicted molar refractivity (Wildman–Crippen MR) is 82.2 cm³/mol. The van der Waals surface area contributed by atoms with Crippen LogP contribution >= 0.6 is 0 Å². The van der Waals surface area contributed by atoms with Gasteiger partial charge in [0.15, 0.2) is 0 Å². The van der Waals surface area contributed by atoms with Crippen molar-refractivity contribution in [1.82, 2.24) is 14.6 Å². The molecular weight excluding hydrogens is 274 g/mol. The van der Waals surface area contributed by atoms with Crippen LogP contribution in [0.1, 0.15) is 28.9 Å². The molecule has 0 fully saturated rings. The number of nitrogens with one attached hydrogen (secondary N) is 2. The fourth-order valence-corrected chi connectivity index (χ4v) is 2.16. The monoisotopic (exact) mass is 308 g/mol. The molecule has 1 heterocycles. The highest BCUT2D eigenvalue weighted by Gasteiger charge is 2.11. The molecule has 110 valence electrons. The normalized spacial score (nSPS) is 25.4. The Labute approximate surface area is 138 Å². The van der Waals surface area contributed by atoms with Gasteiger partial charge in [-0.25, -0.2) is 13.1 Å². The standard InChI is InChI=1S/C14H21N3O2S/c1-15-20(18,19)10-11-4-5-14-13(8-11)12(9-16-14)6-7-17(2)3/h4-5,8-9,15-16H,6-7,10H2,1-3H3/i1D3,2D3,3D3,6D2,10D2. The molecule has 0 spiro atoms. The number of likely N-dealkylation sites (N-methyl/N-ethyl adjacent to an activating group) is 1. The van der Waals surface area contributed by atoms with Crippen LogP contribution in [0.5, 0.6) is 0 Å². The molecule has 20 heavy (non-hydrogen) atoms. The number of aromatic nitrogens is 1. The molecule has 2 N–H and O–H groups in total. The van der Waals surface area contributed by atoms with Crippen LogP contribution in [-0.4, -0.2) is 45.8 Å². The largest absolute Gasteiger partial charge is 0.361 e. The Morgan fingerprint density at radius 1 is 1.45 bits per heavy atom. The highest BCUT2D eigenvalue weighted by atomic mass is 32.2. The summed E-state index contributed by atoms with van der Waals surface area (Å²) in [7, 11) is -5.07. The average molecular weight is 308 g/mol. The van der Waals surface area contributed by atoms with E-state index in [1.807, 2.05) is 0 Å². The van der Waals surface area contributed by atoms with Crippen molar-refractivity contribution in [2.24, 2.45) is 0 Å². The van der Waals surface area contributed by atoms with E-state index in [0.29, 0.717) is 0 Å². The Morgan fingerprint density at radius 3 is 3.05 bits per heavy atom. The lowest BCUT2D eigenvalue weighted by molar-refractivity contribution is 0.414. The van der Waals surface area contributed by atoms with E-state index >= 15 is 0 Å². The first-order valence-electron chi connectivity index (χ1n) is 11.9. The summed E-state index contributed by atoms with van der Waals surface area (Å²) in [6, 6.07) is 3.28. The van der Waals surface area contributed by atoms with Crippen molar-refractivity contribution in [3.05, 3.63) is 35.5 Å². The fraction of sp³-hybridized carbons (Fsp3) is 0.429. The minimum atomic E-state index is -5.07. The van der Waals surface area contributed by atoms with Crippen molar-refractivity contribution in [1.29, 1.82) is 0 Å². The second-order valence-corrected chi connectivity index (χ2v) is 5.35. The van der Waals surface area contributed by atoms with Crippen molar-refractivity contribution in [3.8, 4) is 0 Å². The van der Waals surface area contributed by atoms with Crippen LogP contribution in [0.3, 0.4) is 0 Å². The molecule has 0 aliphatic carbocycles. The van der Waals surface area contributed by atoms with Gasteiger partial charge in [0.05, 0.1) is 5.70 Å². The molecule has 5 nitrogen and oxygen atoms in total. The molecule has 6 heteroatoms. The van der Waals surface area contributed by atoms with Gasteiger partial charge in [0.1, 0.15) is 0 Å². The van der Waals surface area contributed by atoms with Gasteiger partial charge in [0.2, 0.25) is 10.0 Å². The van der Waals surface area contributed by atoms with Gasteiger partial charge < -0.3 is 9.88 Å². The number of hydrogen-bond acceptors (Lipinski definition) is 3. The molecule has 0 aliphatic heterocycles. The maximum atomic E-state index is 12.3. The minimum absolute atomic E-state index is 0.0344. The Hall–Kier alpha value is -1.37. The smallest absolute Gasteiger partial charge is 0.215 e. The van der Waals surface area contributed by atoms with Gasteiger partial charge in [0, 0.05) is 41.5 Å². The zero-order valence-corrected chi connectivity index (χ0v) is 11.0. The van der Waals surface area contributed by atoms with E-state index in [-0.39, 0.29) is 21.4 Å². The number of aromatic amines is 1. The summed E-state index contributed by atoms with van der Waals surface area (Å²) in [5.41, 5.74) is -3.77. The van der Waals surface area contributed by atoms with Crippen LogP contribution in [0.4, 0.5) is 0 Å². The number of hydrogen-bond donors (Lipinski definition) is 2. The lowest BCUT2D eigenvalue weighted by atomic mass is 10.1. The van der Waals surface area contributed by atoms with Crippen molar-refractivity contribution in [3.63, 3.8) is 0 Å². The lowest BCUT2D eigenvalue weighted by Gasteiger charge is -2.08. The zero-order chi connectivity index (χ0) is 25.8.